The molecule has 4 heterocycles. The number of rotatable bonds is 5. The van der Waals surface area contributed by atoms with Gasteiger partial charge in [-0.15, -0.1) is 0 Å². The number of aromatic nitrogens is 4. The maximum Gasteiger partial charge on any atom is 0.267 e. The minimum Gasteiger partial charge on any atom is -0.354 e. The number of hydrogen-bond acceptors (Lipinski definition) is 7. The third-order valence-electron chi connectivity index (χ3n) is 6.03. The Morgan fingerprint density at radius 2 is 1.93 bits per heavy atom. The molecule has 0 spiro atoms. The van der Waals surface area contributed by atoms with Crippen LogP contribution in [0.1, 0.15) is 41.5 Å². The van der Waals surface area contributed by atoms with Crippen LogP contribution < -0.4 is 10.5 Å². The first-order chi connectivity index (χ1) is 14.2. The van der Waals surface area contributed by atoms with Crippen LogP contribution in [0, 0.1) is 6.92 Å². The molecular weight excluding hydrogens is 384 g/mol. The van der Waals surface area contributed by atoms with Crippen molar-refractivity contribution < 1.29 is 0 Å². The maximum absolute atomic E-state index is 12.4. The predicted octanol–water partition coefficient (Wildman–Crippen LogP) is 1.83. The van der Waals surface area contributed by atoms with Gasteiger partial charge < -0.3 is 4.90 Å². The average molecular weight is 413 g/mol. The van der Waals surface area contributed by atoms with Crippen molar-refractivity contribution >= 4 is 17.6 Å². The zero-order valence-corrected chi connectivity index (χ0v) is 17.8. The van der Waals surface area contributed by atoms with Gasteiger partial charge in [0.05, 0.1) is 12.2 Å². The van der Waals surface area contributed by atoms with Gasteiger partial charge in [0.15, 0.2) is 0 Å². The Kier molecular flexibility index (Phi) is 5.30. The molecule has 2 aromatic rings. The summed E-state index contributed by atoms with van der Waals surface area (Å²) >= 11 is 1.88. The molecule has 154 valence electrons. The third-order valence-corrected chi connectivity index (χ3v) is 7.04. The van der Waals surface area contributed by atoms with Crippen molar-refractivity contribution in [2.75, 3.05) is 43.4 Å². The van der Waals surface area contributed by atoms with Crippen LogP contribution in [0.15, 0.2) is 16.9 Å². The smallest absolute Gasteiger partial charge is 0.267 e. The number of anilines is 1. The van der Waals surface area contributed by atoms with E-state index in [0.29, 0.717) is 12.5 Å². The van der Waals surface area contributed by atoms with Crippen molar-refractivity contribution in [3.8, 4) is 0 Å². The Labute approximate surface area is 175 Å². The summed E-state index contributed by atoms with van der Waals surface area (Å²) in [4.78, 5) is 26.6. The number of fused-ring (bicyclic) bond motifs is 1. The molecule has 0 bridgehead atoms. The van der Waals surface area contributed by atoms with E-state index in [0.717, 1.165) is 79.2 Å². The molecule has 0 unspecified atom stereocenters. The highest BCUT2D eigenvalue weighted by molar-refractivity contribution is 7.98. The molecule has 2 aliphatic heterocycles. The fraction of sp³-hybridized carbons (Fsp3) is 0.619. The van der Waals surface area contributed by atoms with Crippen LogP contribution in [0.2, 0.25) is 0 Å². The molecule has 1 saturated heterocycles. The minimum absolute atomic E-state index is 0.0361. The van der Waals surface area contributed by atoms with Crippen LogP contribution in [0.4, 0.5) is 5.82 Å². The molecule has 0 N–H and O–H groups in total. The highest BCUT2D eigenvalue weighted by atomic mass is 32.2. The van der Waals surface area contributed by atoms with Crippen LogP contribution in [0.3, 0.4) is 0 Å². The summed E-state index contributed by atoms with van der Waals surface area (Å²) in [5, 5.41) is 4.64. The largest absolute Gasteiger partial charge is 0.354 e. The van der Waals surface area contributed by atoms with Gasteiger partial charge in [-0.1, -0.05) is 0 Å². The molecule has 2 aromatic heterocycles. The average Bonchev–Trinajstić information content (AvgIpc) is 3.58. The summed E-state index contributed by atoms with van der Waals surface area (Å²) in [5.41, 5.74) is 3.34. The van der Waals surface area contributed by atoms with Crippen molar-refractivity contribution in [3.05, 3.63) is 45.3 Å². The van der Waals surface area contributed by atoms with Gasteiger partial charge in [-0.05, 0) is 31.1 Å². The van der Waals surface area contributed by atoms with E-state index in [1.807, 2.05) is 11.8 Å². The van der Waals surface area contributed by atoms with E-state index in [-0.39, 0.29) is 5.56 Å². The van der Waals surface area contributed by atoms with Crippen molar-refractivity contribution in [1.82, 2.24) is 24.6 Å². The summed E-state index contributed by atoms with van der Waals surface area (Å²) in [6, 6.07) is 3.90. The van der Waals surface area contributed by atoms with Gasteiger partial charge >= 0.3 is 0 Å². The lowest BCUT2D eigenvalue weighted by Gasteiger charge is -2.35. The lowest BCUT2D eigenvalue weighted by Crippen LogP contribution is -2.48. The summed E-state index contributed by atoms with van der Waals surface area (Å²) in [5.74, 6) is 4.70. The second kappa shape index (κ2) is 8.07. The number of thioether (sulfide) groups is 1. The van der Waals surface area contributed by atoms with Gasteiger partial charge in [0.25, 0.3) is 5.56 Å². The fourth-order valence-corrected chi connectivity index (χ4v) is 5.06. The fourth-order valence-electron chi connectivity index (χ4n) is 4.11. The van der Waals surface area contributed by atoms with Crippen molar-refractivity contribution in [2.24, 2.45) is 0 Å². The van der Waals surface area contributed by atoms with E-state index >= 15 is 0 Å². The molecule has 3 aliphatic rings. The van der Waals surface area contributed by atoms with E-state index < -0.39 is 0 Å². The predicted molar refractivity (Wildman–Crippen MR) is 116 cm³/mol. The number of aryl methyl sites for hydroxylation is 2. The van der Waals surface area contributed by atoms with Gasteiger partial charge in [0.2, 0.25) is 0 Å². The molecule has 5 rings (SSSR count). The van der Waals surface area contributed by atoms with E-state index in [1.54, 1.807) is 10.7 Å². The monoisotopic (exact) mass is 412 g/mol. The summed E-state index contributed by atoms with van der Waals surface area (Å²) in [6.07, 6.45) is 3.43. The van der Waals surface area contributed by atoms with E-state index in [2.05, 4.69) is 32.9 Å². The zero-order chi connectivity index (χ0) is 19.8. The number of piperazine rings is 1. The first-order valence-corrected chi connectivity index (χ1v) is 11.8. The second-order valence-corrected chi connectivity index (χ2v) is 9.41. The molecule has 7 nitrogen and oxygen atoms in total. The first kappa shape index (κ1) is 19.1. The lowest BCUT2D eigenvalue weighted by molar-refractivity contribution is 0.242. The molecule has 0 radical (unpaired) electrons. The van der Waals surface area contributed by atoms with Crippen molar-refractivity contribution in [3.63, 3.8) is 0 Å². The number of hydrogen-bond donors (Lipinski definition) is 0. The van der Waals surface area contributed by atoms with E-state index in [9.17, 15) is 4.79 Å². The third kappa shape index (κ3) is 4.33. The second-order valence-electron chi connectivity index (χ2n) is 8.31. The highest BCUT2D eigenvalue weighted by Crippen LogP contribution is 2.38. The van der Waals surface area contributed by atoms with Gasteiger partial charge in [0.1, 0.15) is 11.6 Å². The maximum atomic E-state index is 12.4. The van der Waals surface area contributed by atoms with Crippen LogP contribution in [-0.4, -0.2) is 63.1 Å². The van der Waals surface area contributed by atoms with E-state index in [1.165, 1.54) is 12.8 Å². The molecule has 29 heavy (non-hydrogen) atoms. The first-order valence-electron chi connectivity index (χ1n) is 10.7. The molecule has 0 amide bonds. The van der Waals surface area contributed by atoms with Crippen LogP contribution in [0.5, 0.6) is 0 Å². The summed E-state index contributed by atoms with van der Waals surface area (Å²) in [7, 11) is 0. The minimum atomic E-state index is 0.0361. The normalized spacial score (nSPS) is 20.0. The summed E-state index contributed by atoms with van der Waals surface area (Å²) in [6.45, 7) is 7.49. The lowest BCUT2D eigenvalue weighted by atomic mass is 10.2. The number of nitrogens with zero attached hydrogens (tertiary/aromatic N) is 6. The molecule has 1 aliphatic carbocycles. The Bertz CT molecular complexity index is 949. The van der Waals surface area contributed by atoms with Crippen molar-refractivity contribution in [1.29, 1.82) is 0 Å². The molecule has 0 aromatic carbocycles. The molecule has 8 heteroatoms. The molecule has 0 atom stereocenters. The van der Waals surface area contributed by atoms with Gasteiger partial charge in [-0.3, -0.25) is 9.69 Å². The van der Waals surface area contributed by atoms with Crippen LogP contribution in [0.25, 0.3) is 0 Å². The Balaban J connectivity index is 1.18. The molecule has 2 fully saturated rings. The topological polar surface area (TPSA) is 67.2 Å². The van der Waals surface area contributed by atoms with Gasteiger partial charge in [-0.2, -0.15) is 16.9 Å². The standard InChI is InChI=1S/C21H28N6OS/c1-15-12-19(23-21(22-15)16-2-3-16)26-8-5-25(6-9-26)7-10-27-20(28)13-17-14-29-11-4-18(17)24-27/h12-13,16H,2-11,14H2,1H3. The SMILES string of the molecule is Cc1cc(N2CCN(CCn3nc4c(cc3=O)CSCC4)CC2)nc(C2CC2)n1. The highest BCUT2D eigenvalue weighted by Gasteiger charge is 2.28. The van der Waals surface area contributed by atoms with E-state index in [4.69, 9.17) is 4.98 Å². The zero-order valence-electron chi connectivity index (χ0n) is 17.0. The van der Waals surface area contributed by atoms with Crippen molar-refractivity contribution in [2.45, 2.75) is 44.4 Å². The Morgan fingerprint density at radius 3 is 2.72 bits per heavy atom. The Morgan fingerprint density at radius 1 is 1.10 bits per heavy atom. The summed E-state index contributed by atoms with van der Waals surface area (Å²) < 4.78 is 1.66. The molecule has 1 saturated carbocycles. The van der Waals surface area contributed by atoms with Gasteiger partial charge in [-0.25, -0.2) is 14.6 Å². The quantitative estimate of drug-likeness (QED) is 0.742. The van der Waals surface area contributed by atoms with Crippen LogP contribution >= 0.6 is 11.8 Å². The van der Waals surface area contributed by atoms with Gasteiger partial charge in [0, 0.05) is 68.6 Å². The Hall–Kier alpha value is -1.93. The molecular formula is C21H28N6OS. The van der Waals surface area contributed by atoms with Crippen LogP contribution in [-0.2, 0) is 18.7 Å².